The summed E-state index contributed by atoms with van der Waals surface area (Å²) >= 11 is 1.63. The van der Waals surface area contributed by atoms with Gasteiger partial charge in [0.05, 0.1) is 12.8 Å². The summed E-state index contributed by atoms with van der Waals surface area (Å²) < 4.78 is 15.1. The SMILES string of the molecule is CCn1c(COc2ccc(OC)cc2)nnc1SCc1cn2ccccc2n1. The first-order valence-electron chi connectivity index (χ1n) is 9.01. The lowest BCUT2D eigenvalue weighted by Crippen LogP contribution is -2.07. The molecular weight excluding hydrogens is 374 g/mol. The van der Waals surface area contributed by atoms with Gasteiger partial charge in [-0.2, -0.15) is 0 Å². The van der Waals surface area contributed by atoms with Gasteiger partial charge in [0, 0.05) is 24.7 Å². The molecule has 4 rings (SSSR count). The lowest BCUT2D eigenvalue weighted by atomic mass is 10.3. The summed E-state index contributed by atoms with van der Waals surface area (Å²) in [5.74, 6) is 3.11. The second-order valence-corrected chi connectivity index (χ2v) is 7.04. The molecule has 7 nitrogen and oxygen atoms in total. The summed E-state index contributed by atoms with van der Waals surface area (Å²) in [5, 5.41) is 9.51. The fourth-order valence-electron chi connectivity index (χ4n) is 2.87. The third kappa shape index (κ3) is 3.96. The molecule has 0 amide bonds. The van der Waals surface area contributed by atoms with Crippen molar-refractivity contribution in [2.24, 2.45) is 0 Å². The van der Waals surface area contributed by atoms with Crippen molar-refractivity contribution >= 4 is 17.4 Å². The van der Waals surface area contributed by atoms with E-state index in [-0.39, 0.29) is 0 Å². The monoisotopic (exact) mass is 395 g/mol. The molecule has 8 heteroatoms. The number of fused-ring (bicyclic) bond motifs is 1. The normalized spacial score (nSPS) is 11.1. The van der Waals surface area contributed by atoms with Gasteiger partial charge in [-0.05, 0) is 43.3 Å². The summed E-state index contributed by atoms with van der Waals surface area (Å²) in [4.78, 5) is 4.63. The van der Waals surface area contributed by atoms with Crippen LogP contribution in [0, 0.1) is 0 Å². The van der Waals surface area contributed by atoms with Crippen LogP contribution in [0.2, 0.25) is 0 Å². The molecule has 0 N–H and O–H groups in total. The summed E-state index contributed by atoms with van der Waals surface area (Å²) in [7, 11) is 1.64. The number of hydrogen-bond acceptors (Lipinski definition) is 6. The second kappa shape index (κ2) is 8.35. The van der Waals surface area contributed by atoms with Crippen molar-refractivity contribution in [1.29, 1.82) is 0 Å². The van der Waals surface area contributed by atoms with Gasteiger partial charge < -0.3 is 18.4 Å². The highest BCUT2D eigenvalue weighted by atomic mass is 32.2. The molecule has 0 radical (unpaired) electrons. The van der Waals surface area contributed by atoms with E-state index in [0.717, 1.165) is 46.1 Å². The molecule has 28 heavy (non-hydrogen) atoms. The van der Waals surface area contributed by atoms with Gasteiger partial charge >= 0.3 is 0 Å². The highest BCUT2D eigenvalue weighted by Crippen LogP contribution is 2.23. The van der Waals surface area contributed by atoms with Gasteiger partial charge in [-0.15, -0.1) is 10.2 Å². The van der Waals surface area contributed by atoms with Gasteiger partial charge in [0.1, 0.15) is 23.8 Å². The molecule has 0 aliphatic rings. The van der Waals surface area contributed by atoms with E-state index >= 15 is 0 Å². The number of rotatable bonds is 8. The van der Waals surface area contributed by atoms with Crippen molar-refractivity contribution in [2.45, 2.75) is 31.0 Å². The van der Waals surface area contributed by atoms with E-state index in [1.165, 1.54) is 0 Å². The van der Waals surface area contributed by atoms with Gasteiger partial charge in [-0.1, -0.05) is 17.8 Å². The van der Waals surface area contributed by atoms with Gasteiger partial charge in [-0.25, -0.2) is 4.98 Å². The minimum absolute atomic E-state index is 0.363. The maximum absolute atomic E-state index is 5.85. The minimum atomic E-state index is 0.363. The first-order valence-corrected chi connectivity index (χ1v) is 9.99. The van der Waals surface area contributed by atoms with Crippen molar-refractivity contribution in [1.82, 2.24) is 24.1 Å². The number of imidazole rings is 1. The fraction of sp³-hybridized carbons (Fsp3) is 0.250. The second-order valence-electron chi connectivity index (χ2n) is 6.09. The Morgan fingerprint density at radius 1 is 1.04 bits per heavy atom. The molecule has 0 aliphatic carbocycles. The Morgan fingerprint density at radius 3 is 2.61 bits per heavy atom. The maximum atomic E-state index is 5.85. The van der Waals surface area contributed by atoms with E-state index in [4.69, 9.17) is 9.47 Å². The third-order valence-corrected chi connectivity index (χ3v) is 5.30. The molecule has 0 atom stereocenters. The van der Waals surface area contributed by atoms with Crippen LogP contribution >= 0.6 is 11.8 Å². The van der Waals surface area contributed by atoms with Gasteiger partial charge in [0.25, 0.3) is 0 Å². The van der Waals surface area contributed by atoms with Crippen molar-refractivity contribution in [2.75, 3.05) is 7.11 Å². The quantitative estimate of drug-likeness (QED) is 0.423. The van der Waals surface area contributed by atoms with E-state index in [2.05, 4.69) is 26.7 Å². The molecule has 1 aromatic carbocycles. The van der Waals surface area contributed by atoms with Crippen LogP contribution in [-0.2, 0) is 18.9 Å². The third-order valence-electron chi connectivity index (χ3n) is 4.30. The van der Waals surface area contributed by atoms with Crippen LogP contribution in [0.3, 0.4) is 0 Å². The van der Waals surface area contributed by atoms with E-state index < -0.39 is 0 Å². The Morgan fingerprint density at radius 2 is 1.86 bits per heavy atom. The fourth-order valence-corrected chi connectivity index (χ4v) is 3.77. The van der Waals surface area contributed by atoms with Crippen molar-refractivity contribution < 1.29 is 9.47 Å². The van der Waals surface area contributed by atoms with Crippen LogP contribution in [0.1, 0.15) is 18.4 Å². The first kappa shape index (κ1) is 18.4. The number of ether oxygens (including phenoxy) is 2. The summed E-state index contributed by atoms with van der Waals surface area (Å²) in [5.41, 5.74) is 1.96. The molecule has 4 aromatic rings. The highest BCUT2D eigenvalue weighted by molar-refractivity contribution is 7.98. The van der Waals surface area contributed by atoms with Crippen LogP contribution < -0.4 is 9.47 Å². The summed E-state index contributed by atoms with van der Waals surface area (Å²) in [6.07, 6.45) is 4.04. The first-order chi connectivity index (χ1) is 13.8. The molecule has 3 aromatic heterocycles. The number of aromatic nitrogens is 5. The van der Waals surface area contributed by atoms with Crippen molar-refractivity contribution in [3.63, 3.8) is 0 Å². The van der Waals surface area contributed by atoms with Crippen LogP contribution in [0.15, 0.2) is 60.0 Å². The highest BCUT2D eigenvalue weighted by Gasteiger charge is 2.13. The lowest BCUT2D eigenvalue weighted by Gasteiger charge is -2.09. The van der Waals surface area contributed by atoms with Crippen molar-refractivity contribution in [3.8, 4) is 11.5 Å². The number of hydrogen-bond donors (Lipinski definition) is 0. The molecule has 144 valence electrons. The summed E-state index contributed by atoms with van der Waals surface area (Å²) in [6, 6.07) is 13.5. The van der Waals surface area contributed by atoms with Crippen molar-refractivity contribution in [3.05, 3.63) is 66.4 Å². The topological polar surface area (TPSA) is 66.5 Å². The van der Waals surface area contributed by atoms with E-state index in [0.29, 0.717) is 6.61 Å². The average Bonchev–Trinajstić information content (AvgIpc) is 3.33. The Labute approximate surface area is 167 Å². The standard InChI is InChI=1S/C20H21N5O2S/c1-3-25-19(13-27-17-9-7-16(26-2)8-10-17)22-23-20(25)28-14-15-12-24-11-5-4-6-18(24)21-15/h4-12H,3,13-14H2,1-2H3. The smallest absolute Gasteiger partial charge is 0.191 e. The largest absolute Gasteiger partial charge is 0.497 e. The Kier molecular flexibility index (Phi) is 5.48. The number of nitrogens with zero attached hydrogens (tertiary/aromatic N) is 5. The average molecular weight is 395 g/mol. The molecule has 0 spiro atoms. The van der Waals surface area contributed by atoms with Gasteiger partial charge in [0.2, 0.25) is 0 Å². The van der Waals surface area contributed by atoms with Crippen LogP contribution in [0.25, 0.3) is 5.65 Å². The molecular formula is C20H21N5O2S. The van der Waals surface area contributed by atoms with Gasteiger partial charge in [-0.3, -0.25) is 0 Å². The number of benzene rings is 1. The Hall–Kier alpha value is -3.00. The Bertz CT molecular complexity index is 1030. The van der Waals surface area contributed by atoms with E-state index in [1.54, 1.807) is 18.9 Å². The Balaban J connectivity index is 1.41. The molecule has 0 saturated heterocycles. The molecule has 0 saturated carbocycles. The van der Waals surface area contributed by atoms with E-state index in [1.807, 2.05) is 59.3 Å². The predicted octanol–water partition coefficient (Wildman–Crippen LogP) is 3.83. The molecule has 0 fully saturated rings. The number of thioether (sulfide) groups is 1. The zero-order valence-electron chi connectivity index (χ0n) is 15.8. The van der Waals surface area contributed by atoms with Crippen LogP contribution in [-0.4, -0.2) is 31.3 Å². The predicted molar refractivity (Wildman–Crippen MR) is 108 cm³/mol. The van der Waals surface area contributed by atoms with Gasteiger partial charge in [0.15, 0.2) is 11.0 Å². The molecule has 0 bridgehead atoms. The van der Waals surface area contributed by atoms with E-state index in [9.17, 15) is 0 Å². The maximum Gasteiger partial charge on any atom is 0.191 e. The zero-order valence-corrected chi connectivity index (χ0v) is 16.6. The lowest BCUT2D eigenvalue weighted by molar-refractivity contribution is 0.287. The summed E-state index contributed by atoms with van der Waals surface area (Å²) in [6.45, 7) is 3.22. The van der Waals surface area contributed by atoms with Crippen LogP contribution in [0.5, 0.6) is 11.5 Å². The number of pyridine rings is 1. The number of methoxy groups -OCH3 is 1. The molecule has 3 heterocycles. The molecule has 0 aliphatic heterocycles. The molecule has 0 unspecified atom stereocenters. The minimum Gasteiger partial charge on any atom is -0.497 e. The zero-order chi connectivity index (χ0) is 19.3. The van der Waals surface area contributed by atoms with Crippen LogP contribution in [0.4, 0.5) is 0 Å².